The Morgan fingerprint density at radius 2 is 1.96 bits per heavy atom. The van der Waals surface area contributed by atoms with Gasteiger partial charge in [0, 0.05) is 32.7 Å². The molecule has 0 aromatic heterocycles. The highest BCUT2D eigenvalue weighted by atomic mass is 35.5. The third-order valence-corrected chi connectivity index (χ3v) is 6.23. The summed E-state index contributed by atoms with van der Waals surface area (Å²) >= 11 is 0. The van der Waals surface area contributed by atoms with Crippen molar-refractivity contribution in [1.29, 1.82) is 0 Å². The molecule has 0 radical (unpaired) electrons. The smallest absolute Gasteiger partial charge is 0.254 e. The Morgan fingerprint density at radius 3 is 2.52 bits per heavy atom. The molecule has 1 aliphatic heterocycles. The van der Waals surface area contributed by atoms with Crippen molar-refractivity contribution < 1.29 is 17.9 Å². The van der Waals surface area contributed by atoms with Gasteiger partial charge in [-0.1, -0.05) is 13.8 Å². The fraction of sp³-hybridized carbons (Fsp3) is 0.588. The molecular formula is C17H29ClN4O4S. The van der Waals surface area contributed by atoms with Gasteiger partial charge in [-0.15, -0.1) is 12.4 Å². The van der Waals surface area contributed by atoms with Gasteiger partial charge in [0.1, 0.15) is 6.10 Å². The SMILES string of the molecule is CCNc1ccc(S(=O)(=O)N(CC)CC)cc1NC(=O)C1CNCCO1.Cl. The number of nitrogens with one attached hydrogen (secondary N) is 3. The van der Waals surface area contributed by atoms with E-state index in [4.69, 9.17) is 4.74 Å². The first-order valence-corrected chi connectivity index (χ1v) is 10.4. The van der Waals surface area contributed by atoms with Crippen LogP contribution < -0.4 is 16.0 Å². The fourth-order valence-electron chi connectivity index (χ4n) is 2.79. The standard InChI is InChI=1S/C17H28N4O4S.ClH/c1-4-19-14-8-7-13(26(23,24)21(5-2)6-3)11-15(14)20-17(22)16-12-18-9-10-25-16;/h7-8,11,16,18-19H,4-6,9-10,12H2,1-3H3,(H,20,22);1H. The van der Waals surface area contributed by atoms with Crippen LogP contribution >= 0.6 is 12.4 Å². The Bertz CT molecular complexity index is 720. The number of carbonyl (C=O) groups is 1. The number of morpholine rings is 1. The molecule has 1 aliphatic rings. The van der Waals surface area contributed by atoms with Crippen LogP contribution in [0.15, 0.2) is 23.1 Å². The second-order valence-corrected chi connectivity index (χ2v) is 7.82. The molecule has 1 amide bonds. The fourth-order valence-corrected chi connectivity index (χ4v) is 4.28. The lowest BCUT2D eigenvalue weighted by atomic mass is 10.2. The molecular weight excluding hydrogens is 392 g/mol. The summed E-state index contributed by atoms with van der Waals surface area (Å²) in [6, 6.07) is 4.73. The maximum absolute atomic E-state index is 12.8. The van der Waals surface area contributed by atoms with Crippen molar-refractivity contribution in [2.45, 2.75) is 31.8 Å². The van der Waals surface area contributed by atoms with E-state index in [0.29, 0.717) is 50.7 Å². The minimum Gasteiger partial charge on any atom is -0.384 e. The molecule has 0 spiro atoms. The summed E-state index contributed by atoms with van der Waals surface area (Å²) < 4.78 is 32.4. The molecule has 0 aliphatic carbocycles. The van der Waals surface area contributed by atoms with Gasteiger partial charge in [-0.2, -0.15) is 4.31 Å². The molecule has 3 N–H and O–H groups in total. The van der Waals surface area contributed by atoms with Gasteiger partial charge in [-0.05, 0) is 25.1 Å². The van der Waals surface area contributed by atoms with Gasteiger partial charge >= 0.3 is 0 Å². The lowest BCUT2D eigenvalue weighted by molar-refractivity contribution is -0.128. The molecule has 1 fully saturated rings. The van der Waals surface area contributed by atoms with Gasteiger partial charge in [0.2, 0.25) is 10.0 Å². The molecule has 1 aromatic rings. The summed E-state index contributed by atoms with van der Waals surface area (Å²) in [7, 11) is -3.61. The number of nitrogens with zero attached hydrogens (tertiary/aromatic N) is 1. The molecule has 154 valence electrons. The van der Waals surface area contributed by atoms with E-state index in [-0.39, 0.29) is 23.2 Å². The second kappa shape index (κ2) is 10.8. The second-order valence-electron chi connectivity index (χ2n) is 5.88. The van der Waals surface area contributed by atoms with Gasteiger partial charge in [0.15, 0.2) is 0 Å². The van der Waals surface area contributed by atoms with Crippen molar-refractivity contribution in [3.05, 3.63) is 18.2 Å². The topological polar surface area (TPSA) is 99.8 Å². The van der Waals surface area contributed by atoms with E-state index >= 15 is 0 Å². The highest BCUT2D eigenvalue weighted by Crippen LogP contribution is 2.27. The Balaban J connectivity index is 0.00000364. The van der Waals surface area contributed by atoms with E-state index in [0.717, 1.165) is 0 Å². The number of halogens is 1. The average Bonchev–Trinajstić information content (AvgIpc) is 2.64. The molecule has 0 saturated carbocycles. The summed E-state index contributed by atoms with van der Waals surface area (Å²) in [5, 5.41) is 9.05. The first kappa shape index (κ1) is 23.6. The highest BCUT2D eigenvalue weighted by molar-refractivity contribution is 7.89. The Hall–Kier alpha value is -1.39. The minimum atomic E-state index is -3.61. The van der Waals surface area contributed by atoms with Gasteiger partial charge in [0.25, 0.3) is 5.91 Å². The van der Waals surface area contributed by atoms with E-state index in [1.54, 1.807) is 26.0 Å². The van der Waals surface area contributed by atoms with Gasteiger partial charge in [0.05, 0.1) is 22.9 Å². The van der Waals surface area contributed by atoms with Crippen LogP contribution in [0, 0.1) is 0 Å². The van der Waals surface area contributed by atoms with Crippen molar-refractivity contribution in [2.75, 3.05) is 50.0 Å². The molecule has 1 unspecified atom stereocenters. The van der Waals surface area contributed by atoms with E-state index in [1.165, 1.54) is 10.4 Å². The van der Waals surface area contributed by atoms with E-state index in [9.17, 15) is 13.2 Å². The zero-order valence-corrected chi connectivity index (χ0v) is 17.6. The molecule has 1 atom stereocenters. The third-order valence-electron chi connectivity index (χ3n) is 4.18. The van der Waals surface area contributed by atoms with Crippen LogP contribution in [0.4, 0.5) is 11.4 Å². The number of amides is 1. The van der Waals surface area contributed by atoms with Crippen LogP contribution in [0.2, 0.25) is 0 Å². The Labute approximate surface area is 167 Å². The van der Waals surface area contributed by atoms with Gasteiger partial charge in [-0.3, -0.25) is 4.79 Å². The first-order chi connectivity index (χ1) is 12.4. The van der Waals surface area contributed by atoms with Crippen LogP contribution in [0.25, 0.3) is 0 Å². The van der Waals surface area contributed by atoms with Crippen LogP contribution in [-0.4, -0.2) is 64.1 Å². The van der Waals surface area contributed by atoms with Crippen LogP contribution in [0.3, 0.4) is 0 Å². The van der Waals surface area contributed by atoms with Crippen LogP contribution in [0.1, 0.15) is 20.8 Å². The normalized spacial score (nSPS) is 17.3. The number of carbonyl (C=O) groups excluding carboxylic acids is 1. The molecule has 8 nitrogen and oxygen atoms in total. The van der Waals surface area contributed by atoms with Crippen molar-refractivity contribution >= 4 is 39.7 Å². The molecule has 10 heteroatoms. The molecule has 1 aromatic carbocycles. The summed E-state index contributed by atoms with van der Waals surface area (Å²) in [4.78, 5) is 12.6. The molecule has 0 bridgehead atoms. The lowest BCUT2D eigenvalue weighted by Crippen LogP contribution is -2.45. The number of benzene rings is 1. The highest BCUT2D eigenvalue weighted by Gasteiger charge is 2.25. The number of hydrogen-bond acceptors (Lipinski definition) is 6. The lowest BCUT2D eigenvalue weighted by Gasteiger charge is -2.24. The molecule has 2 rings (SSSR count). The number of rotatable bonds is 8. The predicted octanol–water partition coefficient (Wildman–Crippen LogP) is 1.50. The van der Waals surface area contributed by atoms with E-state index < -0.39 is 16.1 Å². The Morgan fingerprint density at radius 1 is 1.26 bits per heavy atom. The predicted molar refractivity (Wildman–Crippen MR) is 109 cm³/mol. The quantitative estimate of drug-likeness (QED) is 0.589. The zero-order valence-electron chi connectivity index (χ0n) is 15.9. The minimum absolute atomic E-state index is 0. The van der Waals surface area contributed by atoms with Crippen LogP contribution in [0.5, 0.6) is 0 Å². The number of anilines is 2. The number of sulfonamides is 1. The first-order valence-electron chi connectivity index (χ1n) is 8.95. The van der Waals surface area contributed by atoms with Crippen molar-refractivity contribution in [3.63, 3.8) is 0 Å². The average molecular weight is 421 g/mol. The van der Waals surface area contributed by atoms with Gasteiger partial charge < -0.3 is 20.7 Å². The van der Waals surface area contributed by atoms with Gasteiger partial charge in [-0.25, -0.2) is 8.42 Å². The molecule has 1 saturated heterocycles. The van der Waals surface area contributed by atoms with Crippen molar-refractivity contribution in [2.24, 2.45) is 0 Å². The van der Waals surface area contributed by atoms with Crippen molar-refractivity contribution in [3.8, 4) is 0 Å². The maximum atomic E-state index is 12.8. The summed E-state index contributed by atoms with van der Waals surface area (Å²) in [6.07, 6.45) is -0.596. The number of hydrogen-bond donors (Lipinski definition) is 3. The summed E-state index contributed by atoms with van der Waals surface area (Å²) in [5.74, 6) is -0.297. The summed E-state index contributed by atoms with van der Waals surface area (Å²) in [6.45, 7) is 8.55. The molecule has 1 heterocycles. The van der Waals surface area contributed by atoms with E-state index in [2.05, 4.69) is 16.0 Å². The largest absolute Gasteiger partial charge is 0.384 e. The maximum Gasteiger partial charge on any atom is 0.254 e. The van der Waals surface area contributed by atoms with E-state index in [1.807, 2.05) is 6.92 Å². The number of ether oxygens (including phenoxy) is 1. The van der Waals surface area contributed by atoms with Crippen LogP contribution in [-0.2, 0) is 19.6 Å². The monoisotopic (exact) mass is 420 g/mol. The summed E-state index contributed by atoms with van der Waals surface area (Å²) in [5.41, 5.74) is 1.10. The molecule has 27 heavy (non-hydrogen) atoms. The van der Waals surface area contributed by atoms with Crippen molar-refractivity contribution in [1.82, 2.24) is 9.62 Å². The Kier molecular flexibility index (Phi) is 9.48. The zero-order chi connectivity index (χ0) is 19.2. The third kappa shape index (κ3) is 5.79.